The molecule has 0 aromatic rings. The molecule has 0 aromatic heterocycles. The van der Waals surface area contributed by atoms with Gasteiger partial charge in [0.05, 0.1) is 0 Å². The van der Waals surface area contributed by atoms with Crippen molar-refractivity contribution in [2.45, 2.75) is 0 Å². The van der Waals surface area contributed by atoms with Gasteiger partial charge in [-0.1, -0.05) is 0 Å². The molecule has 0 heterocycles. The average Bonchev–Trinajstić information content (AvgIpc) is 0.722. The van der Waals surface area contributed by atoms with Gasteiger partial charge in [-0.25, -0.2) is 0 Å². The van der Waals surface area contributed by atoms with E-state index in [2.05, 4.69) is 0 Å². The van der Waals surface area contributed by atoms with Gasteiger partial charge in [0.2, 0.25) is 0 Å². The molecule has 0 fully saturated rings. The molecule has 5 nitrogen and oxygen atoms in total. The van der Waals surface area contributed by atoms with Gasteiger partial charge >= 0.3 is 32.1 Å². The zero-order valence-corrected chi connectivity index (χ0v) is 5.91. The van der Waals surface area contributed by atoms with Crippen LogP contribution in [0.3, 0.4) is 0 Å². The van der Waals surface area contributed by atoms with E-state index in [0.29, 0.717) is 0 Å². The van der Waals surface area contributed by atoms with Crippen LogP contribution in [0.5, 0.6) is 0 Å². The molecule has 0 atom stereocenters. The van der Waals surface area contributed by atoms with Crippen LogP contribution in [0.1, 0.15) is 2.85 Å². The van der Waals surface area contributed by atoms with Crippen LogP contribution >= 0.6 is 0 Å². The maximum Gasteiger partial charge on any atom is 2.00 e. The summed E-state index contributed by atoms with van der Waals surface area (Å²) < 4.78 is 0. The van der Waals surface area contributed by atoms with Crippen LogP contribution in [0.15, 0.2) is 0 Å². The predicted molar refractivity (Wildman–Crippen MR) is 36.2 cm³/mol. The Bertz CT molecular complexity index is 35.1. The third-order valence-electron chi connectivity index (χ3n) is 0. The third kappa shape index (κ3) is 169. The summed E-state index contributed by atoms with van der Waals surface area (Å²) in [5.74, 6) is 0. The van der Waals surface area contributed by atoms with Crippen LogP contribution in [0.25, 0.3) is 0 Å². The van der Waals surface area contributed by atoms with E-state index in [4.69, 9.17) is 19.2 Å². The molecule has 0 radical (unpaired) electrons. The largest absolute Gasteiger partial charge is 2.00 e. The Morgan fingerprint density at radius 3 is 1.00 bits per heavy atom. The Labute approximate surface area is 77.0 Å². The molecule has 0 aromatic carbocycles. The Balaban J connectivity index is -0.00000000800. The van der Waals surface area contributed by atoms with Gasteiger partial charge in [0.15, 0.2) is 17.4 Å². The minimum Gasteiger partial charge on any atom is -1.00 e. The van der Waals surface area contributed by atoms with E-state index >= 15 is 0 Å². The van der Waals surface area contributed by atoms with Crippen molar-refractivity contribution in [1.82, 2.24) is 0 Å². The first-order valence-electron chi connectivity index (χ1n) is 0.894. The molecule has 0 saturated heterocycles. The number of hydrogen-bond acceptors (Lipinski definition) is 4. The quantitative estimate of drug-likeness (QED) is 0.273. The normalized spacial score (nSPS) is 7.50. The van der Waals surface area contributed by atoms with Gasteiger partial charge in [0, 0.05) is 0 Å². The van der Waals surface area contributed by atoms with Crippen molar-refractivity contribution >= 4 is 49.5 Å². The van der Waals surface area contributed by atoms with E-state index in [9.17, 15) is 0 Å². The van der Waals surface area contributed by atoms with E-state index in [-0.39, 0.29) is 48.7 Å². The summed E-state index contributed by atoms with van der Waals surface area (Å²) in [5, 5.41) is 0. The van der Waals surface area contributed by atoms with E-state index in [0.717, 1.165) is 0 Å². The van der Waals surface area contributed by atoms with Gasteiger partial charge < -0.3 is 27.5 Å². The molecule has 0 aliphatic heterocycles. The van der Waals surface area contributed by atoms with E-state index < -0.39 is 9.05 Å². The van der Waals surface area contributed by atoms with Crippen LogP contribution < -0.4 is 0 Å². The fraction of sp³-hybridized carbons (Fsp3) is 0. The molecule has 0 saturated carbocycles. The monoisotopic (exact) mass is 170 g/mol. The molecular formula is H11AlMgO5Si. The van der Waals surface area contributed by atoms with Crippen molar-refractivity contribution in [3.05, 3.63) is 0 Å². The van der Waals surface area contributed by atoms with Gasteiger partial charge in [0.1, 0.15) is 0 Å². The van der Waals surface area contributed by atoms with Crippen molar-refractivity contribution in [2.24, 2.45) is 0 Å². The zero-order chi connectivity index (χ0) is 4.50. The van der Waals surface area contributed by atoms with Crippen molar-refractivity contribution < 1.29 is 27.5 Å². The topological polar surface area (TPSA) is 112 Å². The van der Waals surface area contributed by atoms with Crippen LogP contribution in [0, 0.1) is 0 Å². The van der Waals surface area contributed by atoms with E-state index in [1.807, 2.05) is 0 Å². The molecule has 0 spiro atoms. The van der Waals surface area contributed by atoms with Crippen LogP contribution in [-0.2, 0) is 0 Å². The van der Waals surface area contributed by atoms with Gasteiger partial charge in [-0.3, -0.25) is 0 Å². The summed E-state index contributed by atoms with van der Waals surface area (Å²) in [5.41, 5.74) is 0. The summed E-state index contributed by atoms with van der Waals surface area (Å²) in [7, 11) is -4.61. The fourth-order valence-corrected chi connectivity index (χ4v) is 0. The summed E-state index contributed by atoms with van der Waals surface area (Å²) >= 11 is 0. The minimum absolute atomic E-state index is 0. The summed E-state index contributed by atoms with van der Waals surface area (Å²) in [6, 6.07) is 0. The molecule has 0 bridgehead atoms. The van der Waals surface area contributed by atoms with Gasteiger partial charge in [0.25, 0.3) is 0 Å². The molecule has 0 amide bonds. The van der Waals surface area contributed by atoms with E-state index in [1.54, 1.807) is 0 Å². The van der Waals surface area contributed by atoms with Gasteiger partial charge in [-0.05, 0) is 0 Å². The smallest absolute Gasteiger partial charge is 1.00 e. The molecule has 0 aliphatic rings. The molecule has 0 aliphatic carbocycles. The fourth-order valence-electron chi connectivity index (χ4n) is 0. The molecule has 8 heavy (non-hydrogen) atoms. The Kier molecular flexibility index (Phi) is 23.7. The molecule has 0 unspecified atom stereocenters. The number of rotatable bonds is 0. The zero-order valence-electron chi connectivity index (χ0n) is 5.50. The Morgan fingerprint density at radius 2 is 1.00 bits per heavy atom. The first-order valence-corrected chi connectivity index (χ1v) is 2.68. The van der Waals surface area contributed by atoms with Gasteiger partial charge in [-0.2, -0.15) is 0 Å². The Hall–Kier alpha value is 1.32. The minimum atomic E-state index is -4.61. The van der Waals surface area contributed by atoms with Crippen molar-refractivity contribution in [1.29, 1.82) is 0 Å². The predicted octanol–water partition coefficient (Wildman–Crippen LogP) is -4.77. The second kappa shape index (κ2) is 8.32. The van der Waals surface area contributed by atoms with E-state index in [1.165, 1.54) is 0 Å². The standard InChI is InChI=1S/Al.Mg.H4O4Si.H2O.5H/c;;1-5(2,3)4;;;;;;/h;;1-4H;1H2;;;;;/q;+2;;;;;;2*-1. The summed E-state index contributed by atoms with van der Waals surface area (Å²) in [6.45, 7) is 0. The third-order valence-corrected chi connectivity index (χ3v) is 0. The second-order valence-corrected chi connectivity index (χ2v) is 1.80. The summed E-state index contributed by atoms with van der Waals surface area (Å²) in [4.78, 5) is 29.3. The molecule has 50 valence electrons. The van der Waals surface area contributed by atoms with Crippen LogP contribution in [0.2, 0.25) is 0 Å². The maximum absolute atomic E-state index is 7.33. The molecular weight excluding hydrogens is 159 g/mol. The first kappa shape index (κ1) is 22.8. The molecule has 8 heteroatoms. The second-order valence-electron chi connectivity index (χ2n) is 0.600. The van der Waals surface area contributed by atoms with Crippen molar-refractivity contribution in [3.63, 3.8) is 0 Å². The average molecular weight is 170 g/mol. The number of hydrogen-bond donors (Lipinski definition) is 4. The molecule has 0 rings (SSSR count). The summed E-state index contributed by atoms with van der Waals surface area (Å²) in [6.07, 6.45) is 0. The van der Waals surface area contributed by atoms with Crippen molar-refractivity contribution in [3.8, 4) is 0 Å². The maximum atomic E-state index is 7.33. The Morgan fingerprint density at radius 1 is 1.00 bits per heavy atom. The van der Waals surface area contributed by atoms with Crippen LogP contribution in [-0.4, -0.2) is 74.1 Å². The first-order chi connectivity index (χ1) is 2.00. The SMILES string of the molecule is O.O[Si](O)(O)O.[AlH3].[H-].[H-].[Mg+2]. The molecule has 6 N–H and O–H groups in total. The van der Waals surface area contributed by atoms with Gasteiger partial charge in [-0.15, -0.1) is 0 Å². The van der Waals surface area contributed by atoms with Crippen LogP contribution in [0.4, 0.5) is 0 Å². The van der Waals surface area contributed by atoms with Crippen molar-refractivity contribution in [2.75, 3.05) is 0 Å².